The SMILES string of the molecule is O=S(=O)(NC[C@@H]1CCC2(CN(Cc3cccs3)C2)OC1)C1CC1. The molecule has 1 N–H and O–H groups in total. The number of sulfonamides is 1. The highest BCUT2D eigenvalue weighted by molar-refractivity contribution is 7.90. The van der Waals surface area contributed by atoms with Crippen LogP contribution in [0, 0.1) is 5.92 Å². The third-order valence-electron chi connectivity index (χ3n) is 5.15. The summed E-state index contributed by atoms with van der Waals surface area (Å²) >= 11 is 1.80. The summed E-state index contributed by atoms with van der Waals surface area (Å²) in [5, 5.41) is 1.99. The molecular formula is C16H24N2O3S2. The molecule has 1 aromatic heterocycles. The van der Waals surface area contributed by atoms with Crippen LogP contribution >= 0.6 is 11.3 Å². The third kappa shape index (κ3) is 3.64. The summed E-state index contributed by atoms with van der Waals surface area (Å²) < 4.78 is 32.6. The Labute approximate surface area is 142 Å². The molecule has 5 nitrogen and oxygen atoms in total. The zero-order chi connectivity index (χ0) is 15.9. The molecule has 23 heavy (non-hydrogen) atoms. The van der Waals surface area contributed by atoms with Gasteiger partial charge in [0, 0.05) is 31.1 Å². The van der Waals surface area contributed by atoms with Crippen LogP contribution in [0.25, 0.3) is 0 Å². The second-order valence-corrected chi connectivity index (χ2v) is 10.3. The first kappa shape index (κ1) is 16.0. The first-order valence-corrected chi connectivity index (χ1v) is 10.8. The molecule has 0 unspecified atom stereocenters. The minimum Gasteiger partial charge on any atom is -0.372 e. The van der Waals surface area contributed by atoms with Crippen molar-refractivity contribution in [3.05, 3.63) is 22.4 Å². The Bertz CT molecular complexity index is 624. The number of rotatable bonds is 6. The van der Waals surface area contributed by atoms with Crippen molar-refractivity contribution < 1.29 is 13.2 Å². The van der Waals surface area contributed by atoms with Gasteiger partial charge in [0.2, 0.25) is 10.0 Å². The third-order valence-corrected chi connectivity index (χ3v) is 7.93. The van der Waals surface area contributed by atoms with E-state index in [0.29, 0.717) is 19.1 Å². The molecule has 1 atom stereocenters. The molecule has 128 valence electrons. The van der Waals surface area contributed by atoms with Crippen LogP contribution < -0.4 is 4.72 Å². The lowest BCUT2D eigenvalue weighted by Crippen LogP contribution is -2.64. The summed E-state index contributed by atoms with van der Waals surface area (Å²) in [5.74, 6) is 0.320. The Hall–Kier alpha value is -0.470. The number of ether oxygens (including phenoxy) is 1. The smallest absolute Gasteiger partial charge is 0.214 e. The van der Waals surface area contributed by atoms with E-state index >= 15 is 0 Å². The lowest BCUT2D eigenvalue weighted by molar-refractivity contribution is -0.180. The quantitative estimate of drug-likeness (QED) is 0.845. The highest BCUT2D eigenvalue weighted by atomic mass is 32.2. The Morgan fingerprint density at radius 2 is 2.17 bits per heavy atom. The molecule has 4 rings (SSSR count). The number of thiophene rings is 1. The average molecular weight is 357 g/mol. The summed E-state index contributed by atoms with van der Waals surface area (Å²) in [4.78, 5) is 3.84. The van der Waals surface area contributed by atoms with Crippen molar-refractivity contribution in [3.8, 4) is 0 Å². The Balaban J connectivity index is 1.20. The molecule has 3 heterocycles. The van der Waals surface area contributed by atoms with Crippen molar-refractivity contribution >= 4 is 21.4 Å². The number of likely N-dealkylation sites (tertiary alicyclic amines) is 1. The van der Waals surface area contributed by atoms with E-state index in [1.165, 1.54) is 4.88 Å². The second-order valence-electron chi connectivity index (χ2n) is 7.22. The fourth-order valence-electron chi connectivity index (χ4n) is 3.56. The Morgan fingerprint density at radius 3 is 2.78 bits per heavy atom. The second kappa shape index (κ2) is 6.11. The van der Waals surface area contributed by atoms with E-state index in [1.807, 2.05) is 0 Å². The van der Waals surface area contributed by atoms with Gasteiger partial charge in [-0.15, -0.1) is 11.3 Å². The van der Waals surface area contributed by atoms with Gasteiger partial charge >= 0.3 is 0 Å². The molecular weight excluding hydrogens is 332 g/mol. The van der Waals surface area contributed by atoms with Crippen molar-refractivity contribution in [3.63, 3.8) is 0 Å². The summed E-state index contributed by atoms with van der Waals surface area (Å²) in [7, 11) is -3.06. The van der Waals surface area contributed by atoms with E-state index in [2.05, 4.69) is 27.1 Å². The van der Waals surface area contributed by atoms with E-state index < -0.39 is 10.0 Å². The zero-order valence-electron chi connectivity index (χ0n) is 13.2. The fraction of sp³-hybridized carbons (Fsp3) is 0.750. The van der Waals surface area contributed by atoms with Gasteiger partial charge in [0.05, 0.1) is 17.5 Å². The molecule has 1 saturated carbocycles. The fourth-order valence-corrected chi connectivity index (χ4v) is 5.77. The van der Waals surface area contributed by atoms with Crippen LogP contribution in [0.1, 0.15) is 30.6 Å². The largest absolute Gasteiger partial charge is 0.372 e. The van der Waals surface area contributed by atoms with E-state index in [1.54, 1.807) is 11.3 Å². The molecule has 0 aromatic carbocycles. The molecule has 3 aliphatic rings. The van der Waals surface area contributed by atoms with Gasteiger partial charge in [-0.25, -0.2) is 13.1 Å². The summed E-state index contributed by atoms with van der Waals surface area (Å²) in [5.41, 5.74) is 0.0309. The van der Waals surface area contributed by atoms with Crippen molar-refractivity contribution in [1.82, 2.24) is 9.62 Å². The maximum absolute atomic E-state index is 11.9. The predicted octanol–water partition coefficient (Wildman–Crippen LogP) is 1.81. The van der Waals surface area contributed by atoms with Gasteiger partial charge in [-0.1, -0.05) is 6.07 Å². The van der Waals surface area contributed by atoms with Crippen LogP contribution in [0.15, 0.2) is 17.5 Å². The van der Waals surface area contributed by atoms with Gasteiger partial charge in [0.25, 0.3) is 0 Å². The van der Waals surface area contributed by atoms with Crippen LogP contribution in [-0.4, -0.2) is 50.4 Å². The maximum atomic E-state index is 11.9. The van der Waals surface area contributed by atoms with Gasteiger partial charge in [-0.3, -0.25) is 4.90 Å². The molecule has 7 heteroatoms. The first-order chi connectivity index (χ1) is 11.0. The van der Waals surface area contributed by atoms with Crippen molar-refractivity contribution in [2.24, 2.45) is 5.92 Å². The van der Waals surface area contributed by atoms with E-state index in [-0.39, 0.29) is 10.9 Å². The maximum Gasteiger partial charge on any atom is 0.214 e. The van der Waals surface area contributed by atoms with Crippen molar-refractivity contribution in [2.75, 3.05) is 26.2 Å². The molecule has 1 aromatic rings. The highest BCUT2D eigenvalue weighted by Gasteiger charge is 2.46. The van der Waals surface area contributed by atoms with Gasteiger partial charge in [0.1, 0.15) is 0 Å². The lowest BCUT2D eigenvalue weighted by Gasteiger charge is -2.52. The summed E-state index contributed by atoms with van der Waals surface area (Å²) in [6.07, 6.45) is 3.74. The molecule has 2 saturated heterocycles. The van der Waals surface area contributed by atoms with Crippen LogP contribution in [0.2, 0.25) is 0 Å². The van der Waals surface area contributed by atoms with E-state index in [0.717, 1.165) is 45.3 Å². The molecule has 1 aliphatic carbocycles. The van der Waals surface area contributed by atoms with Crippen molar-refractivity contribution in [1.29, 1.82) is 0 Å². The van der Waals surface area contributed by atoms with Gasteiger partial charge < -0.3 is 4.74 Å². The van der Waals surface area contributed by atoms with Crippen LogP contribution in [0.3, 0.4) is 0 Å². The van der Waals surface area contributed by atoms with Crippen LogP contribution in [0.5, 0.6) is 0 Å². The average Bonchev–Trinajstić information content (AvgIpc) is 3.25. The molecule has 0 bridgehead atoms. The molecule has 2 aliphatic heterocycles. The molecule has 0 amide bonds. The van der Waals surface area contributed by atoms with Crippen LogP contribution in [-0.2, 0) is 21.3 Å². The highest BCUT2D eigenvalue weighted by Crippen LogP contribution is 2.37. The summed E-state index contributed by atoms with van der Waals surface area (Å²) in [6, 6.07) is 4.28. The molecule has 0 radical (unpaired) electrons. The monoisotopic (exact) mass is 356 g/mol. The Morgan fingerprint density at radius 1 is 1.35 bits per heavy atom. The van der Waals surface area contributed by atoms with Crippen molar-refractivity contribution in [2.45, 2.75) is 43.1 Å². The predicted molar refractivity (Wildman–Crippen MR) is 90.9 cm³/mol. The van der Waals surface area contributed by atoms with Gasteiger partial charge in [-0.2, -0.15) is 0 Å². The van der Waals surface area contributed by atoms with Crippen LogP contribution in [0.4, 0.5) is 0 Å². The lowest BCUT2D eigenvalue weighted by atomic mass is 9.83. The topological polar surface area (TPSA) is 58.6 Å². The van der Waals surface area contributed by atoms with E-state index in [9.17, 15) is 8.42 Å². The zero-order valence-corrected chi connectivity index (χ0v) is 14.9. The summed E-state index contributed by atoms with van der Waals surface area (Å²) in [6.45, 7) is 4.25. The number of hydrogen-bond donors (Lipinski definition) is 1. The Kier molecular flexibility index (Phi) is 4.26. The number of hydrogen-bond acceptors (Lipinski definition) is 5. The molecule has 3 fully saturated rings. The first-order valence-electron chi connectivity index (χ1n) is 8.42. The number of nitrogens with zero attached hydrogens (tertiary/aromatic N) is 1. The minimum absolute atomic E-state index is 0.0309. The van der Waals surface area contributed by atoms with Gasteiger partial charge in [0.15, 0.2) is 0 Å². The minimum atomic E-state index is -3.06. The van der Waals surface area contributed by atoms with Gasteiger partial charge in [-0.05, 0) is 43.0 Å². The normalized spacial score (nSPS) is 27.9. The standard InChI is InChI=1S/C16H24N2O3S2/c19-23(20,15-3-4-15)17-8-13-5-6-16(21-10-13)11-18(12-16)9-14-2-1-7-22-14/h1-2,7,13,15,17H,3-6,8-12H2/t13-/m0/s1. The van der Waals surface area contributed by atoms with E-state index in [4.69, 9.17) is 4.74 Å². The molecule has 1 spiro atoms. The number of nitrogens with one attached hydrogen (secondary N) is 1.